The number of carbonyl (C=O) groups is 5. The molecule has 17 heteroatoms. The molecule has 0 saturated carbocycles. The molecule has 3 N–H and O–H groups in total. The number of cyclic esters (lactones) is 1. The van der Waals surface area contributed by atoms with Gasteiger partial charge in [0.25, 0.3) is 17.7 Å². The van der Waals surface area contributed by atoms with Crippen LogP contribution < -0.4 is 10.7 Å². The Morgan fingerprint density at radius 1 is 1.06 bits per heavy atom. The first-order chi connectivity index (χ1) is 34.4. The maximum absolute atomic E-state index is 14.8. The number of aromatic nitrogens is 1. The Morgan fingerprint density at radius 2 is 1.83 bits per heavy atom. The van der Waals surface area contributed by atoms with Crippen LogP contribution in [0, 0.1) is 23.2 Å². The monoisotopic (exact) mass is 987 g/mol. The predicted molar refractivity (Wildman–Crippen MR) is 274 cm³/mol. The van der Waals surface area contributed by atoms with Gasteiger partial charge in [-0.2, -0.15) is 0 Å². The number of benzene rings is 2. The number of morpholine rings is 1. The van der Waals surface area contributed by atoms with Crippen molar-refractivity contribution in [3.8, 4) is 28.7 Å². The lowest BCUT2D eigenvalue weighted by molar-refractivity contribution is -0.155. The summed E-state index contributed by atoms with van der Waals surface area (Å²) in [5, 5.41) is 16.7. The summed E-state index contributed by atoms with van der Waals surface area (Å²) in [6.07, 6.45) is 5.12. The highest BCUT2D eigenvalue weighted by Crippen LogP contribution is 2.41. The average molecular weight is 987 g/mol. The number of esters is 1. The van der Waals surface area contributed by atoms with Crippen LogP contribution in [0.5, 0.6) is 5.75 Å². The summed E-state index contributed by atoms with van der Waals surface area (Å²) in [6, 6.07) is 9.37. The molecule has 0 spiro atoms. The lowest BCUT2D eigenvalue weighted by atomic mass is 9.83. The molecule has 5 aliphatic heterocycles. The van der Waals surface area contributed by atoms with Gasteiger partial charge in [0.15, 0.2) is 0 Å². The summed E-state index contributed by atoms with van der Waals surface area (Å²) in [5.41, 5.74) is 10.4. The van der Waals surface area contributed by atoms with Crippen LogP contribution in [0.3, 0.4) is 0 Å². The van der Waals surface area contributed by atoms with Crippen molar-refractivity contribution in [1.29, 1.82) is 0 Å². The minimum Gasteiger partial charge on any atom is -0.508 e. The summed E-state index contributed by atoms with van der Waals surface area (Å²) in [6.45, 7) is 13.7. The van der Waals surface area contributed by atoms with E-state index >= 15 is 0 Å². The zero-order chi connectivity index (χ0) is 51.4. The second-order valence-corrected chi connectivity index (χ2v) is 20.8. The fourth-order valence-corrected chi connectivity index (χ4v) is 10.7. The number of carbonyl (C=O) groups excluding carboxylic acids is 5. The number of hydrogen-bond acceptors (Lipinski definition) is 12. The first-order valence-corrected chi connectivity index (χ1v) is 25.2. The molecule has 6 bridgehead atoms. The topological polar surface area (TPSA) is 188 Å². The Morgan fingerprint density at radius 3 is 2.58 bits per heavy atom. The molecule has 2 aromatic carbocycles. The number of phenols is 1. The van der Waals surface area contributed by atoms with E-state index in [-0.39, 0.29) is 55.5 Å². The number of allylic oxidation sites excluding steroid dienone is 2. The molecule has 3 saturated heterocycles. The van der Waals surface area contributed by atoms with Crippen molar-refractivity contribution >= 4 is 52.3 Å². The number of hydrogen-bond donors (Lipinski definition) is 3. The maximum atomic E-state index is 14.8. The van der Waals surface area contributed by atoms with E-state index in [4.69, 9.17) is 19.2 Å². The Labute approximate surface area is 422 Å². The molecule has 3 fully saturated rings. The Balaban J connectivity index is 1.11. The molecule has 17 nitrogen and oxygen atoms in total. The van der Waals surface area contributed by atoms with Gasteiger partial charge in [0.1, 0.15) is 23.5 Å². The van der Waals surface area contributed by atoms with Crippen LogP contribution in [0.25, 0.3) is 27.6 Å². The number of hydrazine groups is 1. The average Bonchev–Trinajstić information content (AvgIpc) is 3.97. The second kappa shape index (κ2) is 22.2. The smallest absolute Gasteiger partial charge is 0.324 e. The summed E-state index contributed by atoms with van der Waals surface area (Å²) >= 11 is 0. The second-order valence-electron chi connectivity index (χ2n) is 20.8. The van der Waals surface area contributed by atoms with Crippen LogP contribution in [0.1, 0.15) is 83.5 Å². The minimum atomic E-state index is -1.21. The standard InChI is InChI=1S/C55H70N8O9/c1-34(2)49(60(7)52(67)38-17-21-62(32-38)47(65)14-11-19-61-22-24-71-25-23-61)51(66)57-45-28-36-26-39(29-40(64)27-36)37-15-16-46-42(30-37)43(50(59(46)6)41-12-9-18-56-48(41)35(3)70-8)31-55(4,5)33-72-54(69)44-13-10-20-63(58-44)53(45)68/h15-16,18,26-27,29-30,35,38,44-45,58,64H,9-10,12-13,17,19-25,28,31-33H2,1-8H3,(H,57,66)/t35-,38-,44-,45-/m0/s1. The number of aromatic hydroxyl groups is 1. The Hall–Kier alpha value is -6.32. The van der Waals surface area contributed by atoms with Gasteiger partial charge in [-0.15, -0.1) is 0 Å². The van der Waals surface area contributed by atoms with E-state index in [1.165, 1.54) is 17.0 Å². The molecule has 8 rings (SSSR count). The number of methoxy groups -OCH3 is 1. The van der Waals surface area contributed by atoms with Crippen molar-refractivity contribution < 1.29 is 43.3 Å². The minimum absolute atomic E-state index is 0.0190. The van der Waals surface area contributed by atoms with Gasteiger partial charge in [0.2, 0.25) is 5.91 Å². The van der Waals surface area contributed by atoms with Gasteiger partial charge >= 0.3 is 5.97 Å². The number of ether oxygens (including phenoxy) is 3. The molecule has 0 unspecified atom stereocenters. The summed E-state index contributed by atoms with van der Waals surface area (Å²) in [4.78, 5) is 80.5. The fraction of sp³-hybridized carbons (Fsp3) is 0.527. The first kappa shape index (κ1) is 52.0. The molecule has 6 heterocycles. The van der Waals surface area contributed by atoms with Crippen LogP contribution in [-0.4, -0.2) is 157 Å². The van der Waals surface area contributed by atoms with Gasteiger partial charge in [0.05, 0.1) is 44.1 Å². The number of likely N-dealkylation sites (tertiary alicyclic amines) is 1. The van der Waals surface area contributed by atoms with Crippen LogP contribution in [0.4, 0.5) is 0 Å². The van der Waals surface area contributed by atoms with Crippen LogP contribution in [0.2, 0.25) is 0 Å². The third-order valence-electron chi connectivity index (χ3n) is 14.5. The lowest BCUT2D eigenvalue weighted by Gasteiger charge is -2.36. The number of aliphatic imine (C=N–C) groups is 1. The SMILES string of the molecule is CO[C@@H](C)C1=C(c2c3c4cc(ccc4n2C)-c2cc(O)cc(c2)C[C@H](NC(=O)C(=C(C)C)N(C)C(=O)[C@H]2CCN(C(=O)C#CCN4CCOCC4)C2)C(=O)N2CCC[C@H](N2)C(=O)OCC(C)(C)C3)CCC=N1. The highest BCUT2D eigenvalue weighted by atomic mass is 16.5. The van der Waals surface area contributed by atoms with Gasteiger partial charge in [-0.3, -0.25) is 38.9 Å². The third-order valence-corrected chi connectivity index (χ3v) is 14.5. The molecule has 3 aromatic rings. The molecule has 1 aromatic heterocycles. The van der Waals surface area contributed by atoms with Crippen LogP contribution >= 0.6 is 0 Å². The largest absolute Gasteiger partial charge is 0.508 e. The van der Waals surface area contributed by atoms with Gasteiger partial charge < -0.3 is 39.0 Å². The normalized spacial score (nSPS) is 22.1. The van der Waals surface area contributed by atoms with Gasteiger partial charge in [-0.25, -0.2) is 5.43 Å². The number of nitrogens with zero attached hydrogens (tertiary/aromatic N) is 6. The number of nitrogens with one attached hydrogen (secondary N) is 2. The first-order valence-electron chi connectivity index (χ1n) is 25.2. The molecule has 4 amide bonds. The van der Waals surface area contributed by atoms with Crippen molar-refractivity contribution in [3.05, 3.63) is 70.2 Å². The maximum Gasteiger partial charge on any atom is 0.324 e. The van der Waals surface area contributed by atoms with E-state index in [2.05, 4.69) is 65.1 Å². The Bertz CT molecular complexity index is 2770. The van der Waals surface area contributed by atoms with Gasteiger partial charge in [0, 0.05) is 94.1 Å². The van der Waals surface area contributed by atoms with Crippen molar-refractivity contribution in [2.45, 2.75) is 97.8 Å². The third kappa shape index (κ3) is 11.5. The molecule has 384 valence electrons. The van der Waals surface area contributed by atoms with Crippen molar-refractivity contribution in [3.63, 3.8) is 0 Å². The number of fused-ring (bicyclic) bond motifs is 6. The summed E-state index contributed by atoms with van der Waals surface area (Å²) in [7, 11) is 5.28. The molecule has 4 atom stereocenters. The number of likely N-dealkylation sites (N-methyl/N-ethyl adjacent to an activating group) is 1. The van der Waals surface area contributed by atoms with Crippen LogP contribution in [0.15, 0.2) is 58.4 Å². The highest BCUT2D eigenvalue weighted by molar-refractivity contribution is 6.01. The van der Waals surface area contributed by atoms with E-state index in [1.807, 2.05) is 25.3 Å². The predicted octanol–water partition coefficient (Wildman–Crippen LogP) is 4.75. The van der Waals surface area contributed by atoms with E-state index in [0.29, 0.717) is 68.7 Å². The van der Waals surface area contributed by atoms with E-state index in [1.54, 1.807) is 38.0 Å². The lowest BCUT2D eigenvalue weighted by Crippen LogP contribution is -2.60. The number of aryl methyl sites for hydroxylation is 1. The summed E-state index contributed by atoms with van der Waals surface area (Å²) < 4.78 is 19.5. The molecular weight excluding hydrogens is 917 g/mol. The molecule has 72 heavy (non-hydrogen) atoms. The fourth-order valence-electron chi connectivity index (χ4n) is 10.7. The van der Waals surface area contributed by atoms with Crippen molar-refractivity contribution in [1.82, 2.24) is 35.0 Å². The molecular formula is C55H70N8O9. The zero-order valence-electron chi connectivity index (χ0n) is 43.1. The van der Waals surface area contributed by atoms with Crippen molar-refractivity contribution in [2.75, 3.05) is 73.2 Å². The molecule has 0 radical (unpaired) electrons. The van der Waals surface area contributed by atoms with Crippen molar-refractivity contribution in [2.24, 2.45) is 23.4 Å². The quantitative estimate of drug-likeness (QED) is 0.161. The van der Waals surface area contributed by atoms with Gasteiger partial charge in [-0.05, 0) is 117 Å². The summed E-state index contributed by atoms with van der Waals surface area (Å²) in [5.74, 6) is 2.78. The number of phenolic OH excluding ortho intramolecular Hbond substituents is 1. The van der Waals surface area contributed by atoms with E-state index in [0.717, 1.165) is 64.9 Å². The highest BCUT2D eigenvalue weighted by Gasteiger charge is 2.38. The van der Waals surface area contributed by atoms with E-state index < -0.39 is 41.2 Å². The Kier molecular flexibility index (Phi) is 16.0. The van der Waals surface area contributed by atoms with E-state index in [9.17, 15) is 29.1 Å². The number of rotatable bonds is 8. The van der Waals surface area contributed by atoms with Crippen LogP contribution in [-0.2, 0) is 58.1 Å². The number of amides is 4. The van der Waals surface area contributed by atoms with Gasteiger partial charge in [-0.1, -0.05) is 31.9 Å². The molecule has 0 aliphatic carbocycles. The molecule has 5 aliphatic rings. The zero-order valence-corrected chi connectivity index (χ0v) is 43.1.